The molecule has 1 N–H and O–H groups in total. The van der Waals surface area contributed by atoms with Crippen LogP contribution in [0.3, 0.4) is 0 Å². The number of oxazole rings is 1. The molecule has 0 bridgehead atoms. The van der Waals surface area contributed by atoms with Gasteiger partial charge in [0.05, 0.1) is 16.9 Å². The fourth-order valence-corrected chi connectivity index (χ4v) is 2.92. The summed E-state index contributed by atoms with van der Waals surface area (Å²) in [7, 11) is 0. The molecular formula is C18H13BrCl2N2O2. The maximum absolute atomic E-state index is 12.1. The second-order valence-corrected chi connectivity index (χ2v) is 7.06. The summed E-state index contributed by atoms with van der Waals surface area (Å²) in [5, 5.41) is 3.66. The molecule has 2 aromatic carbocycles. The molecule has 128 valence electrons. The quantitative estimate of drug-likeness (QED) is 0.531. The van der Waals surface area contributed by atoms with Crippen molar-refractivity contribution >= 4 is 50.7 Å². The van der Waals surface area contributed by atoms with Crippen LogP contribution in [0.1, 0.15) is 12.3 Å². The van der Waals surface area contributed by atoms with Crippen molar-refractivity contribution in [2.75, 3.05) is 5.32 Å². The van der Waals surface area contributed by atoms with Crippen LogP contribution in [0.15, 0.2) is 57.6 Å². The summed E-state index contributed by atoms with van der Waals surface area (Å²) in [4.78, 5) is 16.3. The number of benzene rings is 2. The van der Waals surface area contributed by atoms with Gasteiger partial charge in [-0.15, -0.1) is 0 Å². The molecule has 4 nitrogen and oxygen atoms in total. The van der Waals surface area contributed by atoms with Crippen molar-refractivity contribution in [2.45, 2.75) is 12.8 Å². The normalized spacial score (nSPS) is 10.7. The number of hydrogen-bond acceptors (Lipinski definition) is 3. The van der Waals surface area contributed by atoms with Crippen LogP contribution in [-0.4, -0.2) is 10.9 Å². The van der Waals surface area contributed by atoms with Gasteiger partial charge in [-0.25, -0.2) is 4.98 Å². The largest absolute Gasteiger partial charge is 0.441 e. The molecular weight excluding hydrogens is 427 g/mol. The number of aryl methyl sites for hydroxylation is 1. The molecule has 0 saturated heterocycles. The zero-order valence-corrected chi connectivity index (χ0v) is 16.0. The fourth-order valence-electron chi connectivity index (χ4n) is 2.20. The Morgan fingerprint density at radius 3 is 2.64 bits per heavy atom. The lowest BCUT2D eigenvalue weighted by atomic mass is 10.2. The summed E-state index contributed by atoms with van der Waals surface area (Å²) in [6.07, 6.45) is 2.29. The van der Waals surface area contributed by atoms with E-state index in [1.54, 1.807) is 24.4 Å². The molecule has 1 amide bonds. The highest BCUT2D eigenvalue weighted by atomic mass is 79.9. The van der Waals surface area contributed by atoms with Crippen molar-refractivity contribution in [3.05, 3.63) is 69.1 Å². The van der Waals surface area contributed by atoms with Gasteiger partial charge in [0, 0.05) is 27.9 Å². The fraction of sp³-hybridized carbons (Fsp3) is 0.111. The number of rotatable bonds is 5. The molecule has 0 aliphatic rings. The van der Waals surface area contributed by atoms with Crippen LogP contribution in [0.2, 0.25) is 10.0 Å². The smallest absolute Gasteiger partial charge is 0.224 e. The Kier molecular flexibility index (Phi) is 5.78. The van der Waals surface area contributed by atoms with Crippen LogP contribution < -0.4 is 5.32 Å². The molecule has 0 saturated carbocycles. The van der Waals surface area contributed by atoms with Gasteiger partial charge in [0.1, 0.15) is 0 Å². The Morgan fingerprint density at radius 2 is 1.92 bits per heavy atom. The summed E-state index contributed by atoms with van der Waals surface area (Å²) in [5.74, 6) is 1.01. The minimum Gasteiger partial charge on any atom is -0.441 e. The Labute approximate surface area is 163 Å². The van der Waals surface area contributed by atoms with Crippen molar-refractivity contribution in [3.63, 3.8) is 0 Å². The highest BCUT2D eigenvalue weighted by Gasteiger charge is 2.10. The number of nitrogens with one attached hydrogen (secondary N) is 1. The monoisotopic (exact) mass is 438 g/mol. The average molecular weight is 440 g/mol. The van der Waals surface area contributed by atoms with E-state index in [2.05, 4.69) is 26.2 Å². The van der Waals surface area contributed by atoms with E-state index in [1.807, 2.05) is 24.3 Å². The average Bonchev–Trinajstić information content (AvgIpc) is 3.05. The summed E-state index contributed by atoms with van der Waals surface area (Å²) in [6.45, 7) is 0. The van der Waals surface area contributed by atoms with E-state index in [1.165, 1.54) is 0 Å². The minimum atomic E-state index is -0.174. The lowest BCUT2D eigenvalue weighted by Gasteiger charge is -2.06. The Hall–Kier alpha value is -1.82. The van der Waals surface area contributed by atoms with Crippen molar-refractivity contribution in [1.82, 2.24) is 4.98 Å². The van der Waals surface area contributed by atoms with Crippen LogP contribution in [0.5, 0.6) is 0 Å². The number of hydrogen-bond donors (Lipinski definition) is 1. The van der Waals surface area contributed by atoms with E-state index in [0.29, 0.717) is 33.8 Å². The number of halogens is 3. The first-order valence-electron chi connectivity index (χ1n) is 7.47. The minimum absolute atomic E-state index is 0.174. The summed E-state index contributed by atoms with van der Waals surface area (Å²) < 4.78 is 6.69. The number of carbonyl (C=O) groups is 1. The number of nitrogens with zero attached hydrogens (tertiary/aromatic N) is 1. The first kappa shape index (κ1) is 18.0. The highest BCUT2D eigenvalue weighted by Crippen LogP contribution is 2.26. The topological polar surface area (TPSA) is 55.1 Å². The van der Waals surface area contributed by atoms with Crippen LogP contribution >= 0.6 is 39.1 Å². The first-order valence-corrected chi connectivity index (χ1v) is 9.02. The van der Waals surface area contributed by atoms with E-state index in [4.69, 9.17) is 27.6 Å². The van der Waals surface area contributed by atoms with Gasteiger partial charge in [-0.2, -0.15) is 0 Å². The van der Waals surface area contributed by atoms with Gasteiger partial charge in [-0.05, 0) is 30.3 Å². The molecule has 25 heavy (non-hydrogen) atoms. The standard InChI is InChI=1S/C18H13BrCl2N2O2/c19-12-3-1-11(2-4-12)16-10-22-18(25-16)8-7-17(24)23-15-6-5-13(20)9-14(15)21/h1-6,9-10H,7-8H2,(H,23,24). The molecule has 0 unspecified atom stereocenters. The van der Waals surface area contributed by atoms with Gasteiger partial charge in [0.25, 0.3) is 0 Å². The van der Waals surface area contributed by atoms with Crippen LogP contribution in [0.25, 0.3) is 11.3 Å². The van der Waals surface area contributed by atoms with Gasteiger partial charge in [0.15, 0.2) is 11.7 Å². The zero-order valence-electron chi connectivity index (χ0n) is 12.9. The molecule has 0 atom stereocenters. The number of amides is 1. The molecule has 0 aliphatic heterocycles. The summed E-state index contributed by atoms with van der Waals surface area (Å²) in [5.41, 5.74) is 1.46. The van der Waals surface area contributed by atoms with E-state index in [0.717, 1.165) is 10.0 Å². The number of carbonyl (C=O) groups excluding carboxylic acids is 1. The van der Waals surface area contributed by atoms with Gasteiger partial charge in [-0.1, -0.05) is 51.3 Å². The molecule has 0 fully saturated rings. The highest BCUT2D eigenvalue weighted by molar-refractivity contribution is 9.10. The molecule has 1 aromatic heterocycles. The summed E-state index contributed by atoms with van der Waals surface area (Å²) >= 11 is 15.3. The first-order chi connectivity index (χ1) is 12.0. The third kappa shape index (κ3) is 4.84. The second-order valence-electron chi connectivity index (χ2n) is 5.30. The van der Waals surface area contributed by atoms with E-state index in [9.17, 15) is 4.79 Å². The lowest BCUT2D eigenvalue weighted by Crippen LogP contribution is -2.12. The third-order valence-electron chi connectivity index (χ3n) is 3.45. The van der Waals surface area contributed by atoms with Gasteiger partial charge in [0.2, 0.25) is 5.91 Å². The van der Waals surface area contributed by atoms with Crippen LogP contribution in [0, 0.1) is 0 Å². The van der Waals surface area contributed by atoms with Gasteiger partial charge in [-0.3, -0.25) is 4.79 Å². The molecule has 0 aliphatic carbocycles. The van der Waals surface area contributed by atoms with Gasteiger partial charge >= 0.3 is 0 Å². The Balaban J connectivity index is 1.58. The molecule has 3 rings (SSSR count). The van der Waals surface area contributed by atoms with E-state index >= 15 is 0 Å². The van der Waals surface area contributed by atoms with Crippen molar-refractivity contribution in [1.29, 1.82) is 0 Å². The molecule has 1 heterocycles. The summed E-state index contributed by atoms with van der Waals surface area (Å²) in [6, 6.07) is 12.6. The van der Waals surface area contributed by atoms with E-state index in [-0.39, 0.29) is 12.3 Å². The lowest BCUT2D eigenvalue weighted by molar-refractivity contribution is -0.116. The Bertz CT molecular complexity index is 894. The van der Waals surface area contributed by atoms with Crippen LogP contribution in [-0.2, 0) is 11.2 Å². The van der Waals surface area contributed by atoms with E-state index < -0.39 is 0 Å². The molecule has 7 heteroatoms. The molecule has 3 aromatic rings. The van der Waals surface area contributed by atoms with Gasteiger partial charge < -0.3 is 9.73 Å². The maximum atomic E-state index is 12.1. The van der Waals surface area contributed by atoms with Crippen molar-refractivity contribution < 1.29 is 9.21 Å². The predicted molar refractivity (Wildman–Crippen MR) is 103 cm³/mol. The predicted octanol–water partition coefficient (Wildman–Crippen LogP) is 5.98. The Morgan fingerprint density at radius 1 is 1.16 bits per heavy atom. The van der Waals surface area contributed by atoms with Crippen molar-refractivity contribution in [3.8, 4) is 11.3 Å². The molecule has 0 radical (unpaired) electrons. The number of anilines is 1. The second kappa shape index (κ2) is 8.04. The van der Waals surface area contributed by atoms with Crippen molar-refractivity contribution in [2.24, 2.45) is 0 Å². The maximum Gasteiger partial charge on any atom is 0.224 e. The SMILES string of the molecule is O=C(CCc1ncc(-c2ccc(Br)cc2)o1)Nc1ccc(Cl)cc1Cl. The zero-order chi connectivity index (χ0) is 17.8. The third-order valence-corrected chi connectivity index (χ3v) is 4.53. The molecule has 0 spiro atoms. The van der Waals surface area contributed by atoms with Crippen LogP contribution in [0.4, 0.5) is 5.69 Å². The number of aromatic nitrogens is 1.